The van der Waals surface area contributed by atoms with E-state index in [1.807, 2.05) is 6.92 Å². The van der Waals surface area contributed by atoms with Crippen LogP contribution >= 0.6 is 0 Å². The summed E-state index contributed by atoms with van der Waals surface area (Å²) in [6, 6.07) is 0. The maximum absolute atomic E-state index is 12.0. The Balaban J connectivity index is 2.02. The molecular weight excluding hydrogens is 216 g/mol. The Morgan fingerprint density at radius 2 is 2.29 bits per heavy atom. The Kier molecular flexibility index (Phi) is 3.09. The van der Waals surface area contributed by atoms with Crippen LogP contribution in [0.3, 0.4) is 0 Å². The van der Waals surface area contributed by atoms with E-state index in [1.165, 1.54) is 19.0 Å². The van der Waals surface area contributed by atoms with Crippen molar-refractivity contribution < 1.29 is 4.79 Å². The average molecular weight is 236 g/mol. The Morgan fingerprint density at radius 3 is 2.82 bits per heavy atom. The van der Waals surface area contributed by atoms with E-state index in [4.69, 9.17) is 5.73 Å². The number of aromatic nitrogens is 2. The predicted octanol–water partition coefficient (Wildman–Crippen LogP) is 1.41. The summed E-state index contributed by atoms with van der Waals surface area (Å²) in [5, 5.41) is 7.04. The first-order chi connectivity index (χ1) is 8.12. The molecule has 0 aliphatic heterocycles. The quantitative estimate of drug-likeness (QED) is 0.811. The second-order valence-corrected chi connectivity index (χ2v) is 4.80. The standard InChI is InChI=1S/C12H20N4O/c1-3-12(5-6-12)8-14-11(17)10-9(13)7-15-16(10)4-2/h7H,3-6,8,13H2,1-2H3,(H,14,17). The van der Waals surface area contributed by atoms with Gasteiger partial charge in [0.2, 0.25) is 0 Å². The molecule has 1 aliphatic carbocycles. The van der Waals surface area contributed by atoms with Gasteiger partial charge in [-0.3, -0.25) is 9.48 Å². The lowest BCUT2D eigenvalue weighted by Crippen LogP contribution is -2.32. The zero-order valence-electron chi connectivity index (χ0n) is 10.5. The van der Waals surface area contributed by atoms with Crippen LogP contribution in [-0.4, -0.2) is 22.2 Å². The molecule has 0 spiro atoms. The van der Waals surface area contributed by atoms with E-state index in [9.17, 15) is 4.79 Å². The van der Waals surface area contributed by atoms with Gasteiger partial charge in [0, 0.05) is 13.1 Å². The number of carbonyl (C=O) groups is 1. The number of rotatable bonds is 5. The molecule has 3 N–H and O–H groups in total. The summed E-state index contributed by atoms with van der Waals surface area (Å²) in [5.41, 5.74) is 7.05. The first-order valence-corrected chi connectivity index (χ1v) is 6.21. The highest BCUT2D eigenvalue weighted by Crippen LogP contribution is 2.47. The van der Waals surface area contributed by atoms with Crippen LogP contribution in [0.15, 0.2) is 6.20 Å². The van der Waals surface area contributed by atoms with E-state index in [1.54, 1.807) is 4.68 Å². The molecule has 1 aromatic heterocycles. The van der Waals surface area contributed by atoms with Crippen LogP contribution in [0.1, 0.15) is 43.6 Å². The molecule has 0 aromatic carbocycles. The fourth-order valence-corrected chi connectivity index (χ4v) is 2.07. The fraction of sp³-hybridized carbons (Fsp3) is 0.667. The highest BCUT2D eigenvalue weighted by Gasteiger charge is 2.40. The molecule has 0 atom stereocenters. The van der Waals surface area contributed by atoms with Gasteiger partial charge in [-0.2, -0.15) is 5.10 Å². The van der Waals surface area contributed by atoms with Gasteiger partial charge >= 0.3 is 0 Å². The van der Waals surface area contributed by atoms with Crippen molar-refractivity contribution in [1.82, 2.24) is 15.1 Å². The summed E-state index contributed by atoms with van der Waals surface area (Å²) in [7, 11) is 0. The number of nitrogens with one attached hydrogen (secondary N) is 1. The van der Waals surface area contributed by atoms with Crippen molar-refractivity contribution in [2.75, 3.05) is 12.3 Å². The van der Waals surface area contributed by atoms with Crippen molar-refractivity contribution in [2.45, 2.75) is 39.7 Å². The second kappa shape index (κ2) is 4.39. The van der Waals surface area contributed by atoms with E-state index >= 15 is 0 Å². The third-order valence-corrected chi connectivity index (χ3v) is 3.71. The number of nitrogens with zero attached hydrogens (tertiary/aromatic N) is 2. The number of nitrogens with two attached hydrogens (primary N) is 1. The largest absolute Gasteiger partial charge is 0.396 e. The van der Waals surface area contributed by atoms with E-state index in [2.05, 4.69) is 17.3 Å². The van der Waals surface area contributed by atoms with Gasteiger partial charge < -0.3 is 11.1 Å². The van der Waals surface area contributed by atoms with E-state index in [0.29, 0.717) is 23.3 Å². The molecule has 1 amide bonds. The molecule has 94 valence electrons. The average Bonchev–Trinajstić information content (AvgIpc) is 3.03. The van der Waals surface area contributed by atoms with Gasteiger partial charge in [-0.1, -0.05) is 6.92 Å². The van der Waals surface area contributed by atoms with Crippen molar-refractivity contribution in [2.24, 2.45) is 5.41 Å². The highest BCUT2D eigenvalue weighted by molar-refractivity contribution is 5.97. The smallest absolute Gasteiger partial charge is 0.271 e. The van der Waals surface area contributed by atoms with Crippen molar-refractivity contribution in [3.63, 3.8) is 0 Å². The van der Waals surface area contributed by atoms with Gasteiger partial charge in [0.05, 0.1) is 11.9 Å². The minimum absolute atomic E-state index is 0.110. The zero-order valence-corrected chi connectivity index (χ0v) is 10.5. The van der Waals surface area contributed by atoms with Crippen LogP contribution in [0.25, 0.3) is 0 Å². The van der Waals surface area contributed by atoms with Crippen LogP contribution in [0.5, 0.6) is 0 Å². The zero-order chi connectivity index (χ0) is 12.5. The Morgan fingerprint density at radius 1 is 1.59 bits per heavy atom. The number of anilines is 1. The second-order valence-electron chi connectivity index (χ2n) is 4.80. The predicted molar refractivity (Wildman–Crippen MR) is 66.6 cm³/mol. The summed E-state index contributed by atoms with van der Waals surface area (Å²) in [6.07, 6.45) is 5.08. The molecule has 1 fully saturated rings. The number of hydrogen-bond acceptors (Lipinski definition) is 3. The first kappa shape index (κ1) is 12.0. The van der Waals surface area contributed by atoms with Gasteiger partial charge in [-0.25, -0.2) is 0 Å². The lowest BCUT2D eigenvalue weighted by Gasteiger charge is -2.14. The highest BCUT2D eigenvalue weighted by atomic mass is 16.2. The number of hydrogen-bond donors (Lipinski definition) is 2. The Hall–Kier alpha value is -1.52. The van der Waals surface area contributed by atoms with Gasteiger partial charge in [0.25, 0.3) is 5.91 Å². The molecular formula is C12H20N4O. The van der Waals surface area contributed by atoms with Gasteiger partial charge in [0.15, 0.2) is 0 Å². The monoisotopic (exact) mass is 236 g/mol. The van der Waals surface area contributed by atoms with Crippen molar-refractivity contribution >= 4 is 11.6 Å². The Labute approximate surface area is 101 Å². The number of amides is 1. The molecule has 1 heterocycles. The summed E-state index contributed by atoms with van der Waals surface area (Å²) >= 11 is 0. The molecule has 1 saturated carbocycles. The van der Waals surface area contributed by atoms with Gasteiger partial charge in [-0.15, -0.1) is 0 Å². The number of aryl methyl sites for hydroxylation is 1. The molecule has 2 rings (SSSR count). The lowest BCUT2D eigenvalue weighted by molar-refractivity contribution is 0.0934. The van der Waals surface area contributed by atoms with E-state index in [-0.39, 0.29) is 5.91 Å². The molecule has 0 unspecified atom stereocenters. The fourth-order valence-electron chi connectivity index (χ4n) is 2.07. The minimum Gasteiger partial charge on any atom is -0.396 e. The molecule has 1 aliphatic rings. The summed E-state index contributed by atoms with van der Waals surface area (Å²) in [5.74, 6) is -0.110. The van der Waals surface area contributed by atoms with Crippen molar-refractivity contribution in [3.05, 3.63) is 11.9 Å². The number of nitrogen functional groups attached to an aromatic ring is 1. The summed E-state index contributed by atoms with van der Waals surface area (Å²) in [6.45, 7) is 5.51. The van der Waals surface area contributed by atoms with Crippen LogP contribution in [0.4, 0.5) is 5.69 Å². The molecule has 0 bridgehead atoms. The van der Waals surface area contributed by atoms with Gasteiger partial charge in [0.1, 0.15) is 5.69 Å². The number of carbonyl (C=O) groups excluding carboxylic acids is 1. The van der Waals surface area contributed by atoms with Crippen LogP contribution < -0.4 is 11.1 Å². The molecule has 5 heteroatoms. The normalized spacial score (nSPS) is 16.8. The molecule has 5 nitrogen and oxygen atoms in total. The molecule has 0 saturated heterocycles. The van der Waals surface area contributed by atoms with Crippen molar-refractivity contribution in [1.29, 1.82) is 0 Å². The van der Waals surface area contributed by atoms with Crippen LogP contribution in [-0.2, 0) is 6.54 Å². The van der Waals surface area contributed by atoms with Crippen molar-refractivity contribution in [3.8, 4) is 0 Å². The summed E-state index contributed by atoms with van der Waals surface area (Å²) in [4.78, 5) is 12.0. The summed E-state index contributed by atoms with van der Waals surface area (Å²) < 4.78 is 1.64. The molecule has 0 radical (unpaired) electrons. The molecule has 17 heavy (non-hydrogen) atoms. The van der Waals surface area contributed by atoms with E-state index in [0.717, 1.165) is 13.0 Å². The maximum atomic E-state index is 12.0. The topological polar surface area (TPSA) is 72.9 Å². The van der Waals surface area contributed by atoms with Crippen LogP contribution in [0, 0.1) is 5.41 Å². The third kappa shape index (κ3) is 2.28. The van der Waals surface area contributed by atoms with E-state index < -0.39 is 0 Å². The lowest BCUT2D eigenvalue weighted by atomic mass is 10.0. The first-order valence-electron chi connectivity index (χ1n) is 6.21. The third-order valence-electron chi connectivity index (χ3n) is 3.71. The van der Waals surface area contributed by atoms with Crippen LogP contribution in [0.2, 0.25) is 0 Å². The Bertz CT molecular complexity index is 420. The molecule has 1 aromatic rings. The SMILES string of the molecule is CCn1ncc(N)c1C(=O)NCC1(CC)CC1. The minimum atomic E-state index is -0.110. The maximum Gasteiger partial charge on any atom is 0.271 e. The van der Waals surface area contributed by atoms with Gasteiger partial charge in [-0.05, 0) is 31.6 Å².